The van der Waals surface area contributed by atoms with E-state index in [1.807, 2.05) is 24.3 Å². The van der Waals surface area contributed by atoms with Crippen molar-refractivity contribution in [1.29, 1.82) is 0 Å². The Morgan fingerprint density at radius 1 is 1.35 bits per heavy atom. The lowest BCUT2D eigenvalue weighted by atomic mass is 10.3. The third-order valence-corrected chi connectivity index (χ3v) is 3.10. The van der Waals surface area contributed by atoms with Crippen molar-refractivity contribution in [3.63, 3.8) is 0 Å². The second kappa shape index (κ2) is 4.01. The van der Waals surface area contributed by atoms with Crippen LogP contribution < -0.4 is 0 Å². The van der Waals surface area contributed by atoms with Gasteiger partial charge in [0.15, 0.2) is 15.8 Å². The highest BCUT2D eigenvalue weighted by Crippen LogP contribution is 2.17. The Morgan fingerprint density at radius 2 is 2.24 bits per heavy atom. The molecule has 3 rings (SSSR count). The monoisotopic (exact) mass is 307 g/mol. The van der Waals surface area contributed by atoms with Gasteiger partial charge in [-0.3, -0.25) is 0 Å². The van der Waals surface area contributed by atoms with Crippen LogP contribution >= 0.6 is 28.1 Å². The van der Waals surface area contributed by atoms with E-state index in [9.17, 15) is 0 Å². The first-order valence-electron chi connectivity index (χ1n) is 4.81. The average Bonchev–Trinajstić information content (AvgIpc) is 2.74. The van der Waals surface area contributed by atoms with E-state index in [1.54, 1.807) is 11.0 Å². The van der Waals surface area contributed by atoms with Crippen molar-refractivity contribution in [2.75, 3.05) is 0 Å². The zero-order valence-electron chi connectivity index (χ0n) is 8.46. The van der Waals surface area contributed by atoms with Crippen molar-refractivity contribution in [2.45, 2.75) is 0 Å². The first-order chi connectivity index (χ1) is 8.25. The van der Waals surface area contributed by atoms with Crippen LogP contribution in [0.1, 0.15) is 0 Å². The Kier molecular flexibility index (Phi) is 2.49. The van der Waals surface area contributed by atoms with Gasteiger partial charge in [0.05, 0.1) is 12.0 Å². The van der Waals surface area contributed by atoms with E-state index in [0.717, 1.165) is 15.8 Å². The Labute approximate surface area is 110 Å². The standard InChI is InChI=1S/C10H6BrN5S/c11-6-2-1-3-7(4-6)16-9-8(14-15-16)10(17)13-5-12-9/h1-5H,(H,12,13,17). The van der Waals surface area contributed by atoms with E-state index in [4.69, 9.17) is 12.2 Å². The molecular formula is C10H6BrN5S. The molecular weight excluding hydrogens is 302 g/mol. The first kappa shape index (κ1) is 10.5. The summed E-state index contributed by atoms with van der Waals surface area (Å²) in [5, 5.41) is 8.10. The highest BCUT2D eigenvalue weighted by molar-refractivity contribution is 9.10. The number of benzene rings is 1. The predicted molar refractivity (Wildman–Crippen MR) is 69.5 cm³/mol. The van der Waals surface area contributed by atoms with E-state index in [2.05, 4.69) is 36.2 Å². The molecule has 0 atom stereocenters. The van der Waals surface area contributed by atoms with Gasteiger partial charge >= 0.3 is 0 Å². The third kappa shape index (κ3) is 1.77. The van der Waals surface area contributed by atoms with Gasteiger partial charge in [0.1, 0.15) is 0 Å². The van der Waals surface area contributed by atoms with Crippen molar-refractivity contribution in [1.82, 2.24) is 25.0 Å². The summed E-state index contributed by atoms with van der Waals surface area (Å²) in [5.74, 6) is 0. The molecule has 0 saturated carbocycles. The van der Waals surface area contributed by atoms with Crippen LogP contribution in [0.4, 0.5) is 0 Å². The molecule has 2 aromatic heterocycles. The van der Waals surface area contributed by atoms with Crippen LogP contribution in [0.15, 0.2) is 35.1 Å². The van der Waals surface area contributed by atoms with Crippen LogP contribution in [-0.4, -0.2) is 25.0 Å². The fraction of sp³-hybridized carbons (Fsp3) is 0. The Bertz CT molecular complexity index is 748. The maximum atomic E-state index is 5.09. The number of aromatic amines is 1. The molecule has 1 aromatic carbocycles. The van der Waals surface area contributed by atoms with E-state index < -0.39 is 0 Å². The van der Waals surface area contributed by atoms with Gasteiger partial charge in [0.25, 0.3) is 0 Å². The Morgan fingerprint density at radius 3 is 3.06 bits per heavy atom. The normalized spacial score (nSPS) is 10.9. The van der Waals surface area contributed by atoms with Crippen molar-refractivity contribution in [3.05, 3.63) is 39.7 Å². The van der Waals surface area contributed by atoms with E-state index in [0.29, 0.717) is 10.2 Å². The molecule has 3 aromatic rings. The SMILES string of the molecule is S=c1nc[nH]c2c1nnn2-c1cccc(Br)c1. The number of hydrogen-bond donors (Lipinski definition) is 1. The zero-order chi connectivity index (χ0) is 11.8. The highest BCUT2D eigenvalue weighted by Gasteiger charge is 2.08. The lowest BCUT2D eigenvalue weighted by Crippen LogP contribution is -1.97. The number of nitrogens with one attached hydrogen (secondary N) is 1. The smallest absolute Gasteiger partial charge is 0.167 e. The van der Waals surface area contributed by atoms with Gasteiger partial charge in [0, 0.05) is 4.47 Å². The van der Waals surface area contributed by atoms with Crippen molar-refractivity contribution in [3.8, 4) is 5.69 Å². The van der Waals surface area contributed by atoms with Gasteiger partial charge in [-0.2, -0.15) is 4.68 Å². The average molecular weight is 308 g/mol. The lowest BCUT2D eigenvalue weighted by Gasteiger charge is -2.01. The van der Waals surface area contributed by atoms with Crippen LogP contribution in [-0.2, 0) is 0 Å². The van der Waals surface area contributed by atoms with Gasteiger partial charge in [-0.05, 0) is 18.2 Å². The molecule has 2 heterocycles. The molecule has 0 bridgehead atoms. The van der Waals surface area contributed by atoms with Gasteiger partial charge in [0.2, 0.25) is 0 Å². The molecule has 0 aliphatic carbocycles. The van der Waals surface area contributed by atoms with E-state index >= 15 is 0 Å². The second-order valence-electron chi connectivity index (χ2n) is 3.39. The fourth-order valence-electron chi connectivity index (χ4n) is 1.56. The topological polar surface area (TPSA) is 59.4 Å². The number of rotatable bonds is 1. The molecule has 0 radical (unpaired) electrons. The summed E-state index contributed by atoms with van der Waals surface area (Å²) in [6.45, 7) is 0. The van der Waals surface area contributed by atoms with Crippen LogP contribution in [0, 0.1) is 4.64 Å². The molecule has 84 valence electrons. The van der Waals surface area contributed by atoms with Gasteiger partial charge < -0.3 is 4.98 Å². The Hall–Kier alpha value is -1.60. The van der Waals surface area contributed by atoms with Gasteiger partial charge in [-0.1, -0.05) is 39.4 Å². The number of hydrogen-bond acceptors (Lipinski definition) is 4. The minimum atomic E-state index is 0.444. The quantitative estimate of drug-likeness (QED) is 0.702. The molecule has 1 N–H and O–H groups in total. The first-order valence-corrected chi connectivity index (χ1v) is 6.01. The fourth-order valence-corrected chi connectivity index (χ4v) is 2.13. The predicted octanol–water partition coefficient (Wildman–Crippen LogP) is 2.64. The molecule has 0 fully saturated rings. The molecule has 0 aliphatic rings. The molecule has 17 heavy (non-hydrogen) atoms. The van der Waals surface area contributed by atoms with Crippen molar-refractivity contribution < 1.29 is 0 Å². The zero-order valence-corrected chi connectivity index (χ0v) is 10.9. The lowest BCUT2D eigenvalue weighted by molar-refractivity contribution is 0.816. The summed E-state index contributed by atoms with van der Waals surface area (Å²) in [6, 6.07) is 7.77. The molecule has 7 heteroatoms. The number of H-pyrrole nitrogens is 1. The minimum Gasteiger partial charge on any atom is -0.329 e. The largest absolute Gasteiger partial charge is 0.329 e. The summed E-state index contributed by atoms with van der Waals surface area (Å²) in [5.41, 5.74) is 2.24. The van der Waals surface area contributed by atoms with E-state index in [1.165, 1.54) is 0 Å². The van der Waals surface area contributed by atoms with Crippen LogP contribution in [0.3, 0.4) is 0 Å². The molecule has 0 unspecified atom stereocenters. The summed E-state index contributed by atoms with van der Waals surface area (Å²) in [7, 11) is 0. The minimum absolute atomic E-state index is 0.444. The Balaban J connectivity index is 2.32. The van der Waals surface area contributed by atoms with E-state index in [-0.39, 0.29) is 0 Å². The summed E-state index contributed by atoms with van der Waals surface area (Å²) < 4.78 is 3.11. The maximum absolute atomic E-state index is 5.09. The summed E-state index contributed by atoms with van der Waals surface area (Å²) in [6.07, 6.45) is 1.54. The maximum Gasteiger partial charge on any atom is 0.167 e. The molecule has 0 aliphatic heterocycles. The van der Waals surface area contributed by atoms with Gasteiger partial charge in [-0.25, -0.2) is 4.98 Å². The van der Waals surface area contributed by atoms with Crippen LogP contribution in [0.5, 0.6) is 0 Å². The number of aromatic nitrogens is 5. The molecule has 0 spiro atoms. The van der Waals surface area contributed by atoms with Crippen molar-refractivity contribution >= 4 is 39.3 Å². The van der Waals surface area contributed by atoms with Crippen LogP contribution in [0.25, 0.3) is 16.9 Å². The third-order valence-electron chi connectivity index (χ3n) is 2.31. The summed E-state index contributed by atoms with van der Waals surface area (Å²) >= 11 is 8.51. The van der Waals surface area contributed by atoms with Crippen LogP contribution in [0.2, 0.25) is 0 Å². The van der Waals surface area contributed by atoms with Crippen molar-refractivity contribution in [2.24, 2.45) is 0 Å². The number of nitrogens with zero attached hydrogens (tertiary/aromatic N) is 4. The molecule has 0 amide bonds. The second-order valence-corrected chi connectivity index (χ2v) is 4.69. The number of halogens is 1. The number of fused-ring (bicyclic) bond motifs is 1. The van der Waals surface area contributed by atoms with Gasteiger partial charge in [-0.15, -0.1) is 5.10 Å². The summed E-state index contributed by atoms with van der Waals surface area (Å²) in [4.78, 5) is 6.97. The molecule has 0 saturated heterocycles. The highest BCUT2D eigenvalue weighted by atomic mass is 79.9. The molecule has 5 nitrogen and oxygen atoms in total.